The van der Waals surface area contributed by atoms with Gasteiger partial charge in [-0.15, -0.1) is 0 Å². The number of sulfone groups is 1. The molecule has 0 unspecified atom stereocenters. The Kier molecular flexibility index (Phi) is 6.97. The predicted molar refractivity (Wildman–Crippen MR) is 110 cm³/mol. The van der Waals surface area contributed by atoms with Gasteiger partial charge in [-0.25, -0.2) is 8.42 Å². The van der Waals surface area contributed by atoms with E-state index in [1.165, 1.54) is 30.5 Å². The third-order valence-corrected chi connectivity index (χ3v) is 6.41. The SMILES string of the molecule is O=C(NCCC1=CCCCC1)c1ccc(CS(=O)(=O)Cc2ccc(Cl)cc2)o1. The maximum absolute atomic E-state index is 12.4. The summed E-state index contributed by atoms with van der Waals surface area (Å²) in [6.45, 7) is 0.551. The maximum Gasteiger partial charge on any atom is 0.287 e. The Labute approximate surface area is 170 Å². The molecule has 0 radical (unpaired) electrons. The smallest absolute Gasteiger partial charge is 0.287 e. The molecule has 28 heavy (non-hydrogen) atoms. The molecule has 0 aliphatic heterocycles. The van der Waals surface area contributed by atoms with Gasteiger partial charge >= 0.3 is 0 Å². The van der Waals surface area contributed by atoms with Crippen LogP contribution < -0.4 is 5.32 Å². The molecule has 2 aromatic rings. The second-order valence-electron chi connectivity index (χ2n) is 7.04. The third-order valence-electron chi connectivity index (χ3n) is 4.66. The number of amides is 1. The van der Waals surface area contributed by atoms with Crippen molar-refractivity contribution in [3.05, 3.63) is 70.2 Å². The van der Waals surface area contributed by atoms with Crippen LogP contribution in [0, 0.1) is 0 Å². The Bertz CT molecular complexity index is 945. The molecule has 0 atom stereocenters. The molecule has 1 aromatic heterocycles. The van der Waals surface area contributed by atoms with Crippen molar-refractivity contribution in [3.63, 3.8) is 0 Å². The Morgan fingerprint density at radius 1 is 1.07 bits per heavy atom. The number of allylic oxidation sites excluding steroid dienone is 1. The number of benzene rings is 1. The molecular weight excluding hydrogens is 398 g/mol. The van der Waals surface area contributed by atoms with E-state index in [0.717, 1.165) is 19.3 Å². The quantitative estimate of drug-likeness (QED) is 0.628. The molecule has 1 N–H and O–H groups in total. The summed E-state index contributed by atoms with van der Waals surface area (Å²) < 4.78 is 30.2. The molecule has 1 aliphatic carbocycles. The lowest BCUT2D eigenvalue weighted by Crippen LogP contribution is -2.24. The number of rotatable bonds is 8. The summed E-state index contributed by atoms with van der Waals surface area (Å²) in [4.78, 5) is 12.2. The van der Waals surface area contributed by atoms with E-state index in [0.29, 0.717) is 17.1 Å². The van der Waals surface area contributed by atoms with Crippen LogP contribution in [0.15, 0.2) is 52.5 Å². The maximum atomic E-state index is 12.4. The highest BCUT2D eigenvalue weighted by molar-refractivity contribution is 7.89. The molecule has 1 aromatic carbocycles. The molecule has 7 heteroatoms. The normalized spacial score (nSPS) is 14.5. The van der Waals surface area contributed by atoms with Gasteiger partial charge in [0.25, 0.3) is 5.91 Å². The molecule has 1 aliphatic rings. The Morgan fingerprint density at radius 3 is 2.57 bits per heavy atom. The van der Waals surface area contributed by atoms with Crippen molar-refractivity contribution in [3.8, 4) is 0 Å². The first-order valence-corrected chi connectivity index (χ1v) is 11.6. The van der Waals surface area contributed by atoms with Crippen LogP contribution in [-0.2, 0) is 21.3 Å². The minimum atomic E-state index is -3.42. The fourth-order valence-corrected chi connectivity index (χ4v) is 4.75. The number of hydrogen-bond donors (Lipinski definition) is 1. The van der Waals surface area contributed by atoms with Crippen LogP contribution in [0.25, 0.3) is 0 Å². The largest absolute Gasteiger partial charge is 0.455 e. The van der Waals surface area contributed by atoms with Crippen molar-refractivity contribution in [2.24, 2.45) is 0 Å². The summed E-state index contributed by atoms with van der Waals surface area (Å²) in [5.74, 6) is -0.293. The second kappa shape index (κ2) is 9.43. The summed E-state index contributed by atoms with van der Waals surface area (Å²) >= 11 is 5.82. The van der Waals surface area contributed by atoms with Crippen molar-refractivity contribution >= 4 is 27.3 Å². The fraction of sp³-hybridized carbons (Fsp3) is 0.381. The van der Waals surface area contributed by atoms with E-state index in [1.807, 2.05) is 0 Å². The van der Waals surface area contributed by atoms with E-state index in [1.54, 1.807) is 24.3 Å². The molecule has 1 heterocycles. The number of halogens is 1. The van der Waals surface area contributed by atoms with E-state index in [9.17, 15) is 13.2 Å². The van der Waals surface area contributed by atoms with Crippen molar-refractivity contribution in [2.45, 2.75) is 43.6 Å². The molecule has 3 rings (SSSR count). The highest BCUT2D eigenvalue weighted by Crippen LogP contribution is 2.20. The zero-order valence-electron chi connectivity index (χ0n) is 15.6. The first kappa shape index (κ1) is 20.7. The van der Waals surface area contributed by atoms with Crippen LogP contribution in [0.5, 0.6) is 0 Å². The highest BCUT2D eigenvalue weighted by atomic mass is 35.5. The number of hydrogen-bond acceptors (Lipinski definition) is 4. The van der Waals surface area contributed by atoms with Crippen LogP contribution in [0.1, 0.15) is 54.0 Å². The minimum Gasteiger partial charge on any atom is -0.455 e. The standard InChI is InChI=1S/C21H24ClNO4S/c22-18-8-6-17(7-9-18)14-28(25,26)15-19-10-11-20(27-19)21(24)23-13-12-16-4-2-1-3-5-16/h4,6-11H,1-3,5,12-15H2,(H,23,24). The number of carbonyl (C=O) groups excluding carboxylic acids is 1. The number of nitrogens with one attached hydrogen (secondary N) is 1. The van der Waals surface area contributed by atoms with E-state index in [2.05, 4.69) is 11.4 Å². The van der Waals surface area contributed by atoms with Crippen LogP contribution in [0.2, 0.25) is 5.02 Å². The van der Waals surface area contributed by atoms with E-state index in [-0.39, 0.29) is 28.9 Å². The van der Waals surface area contributed by atoms with Crippen molar-refractivity contribution in [1.29, 1.82) is 0 Å². The molecule has 0 saturated heterocycles. The summed E-state index contributed by atoms with van der Waals surface area (Å²) in [6, 6.07) is 9.74. The van der Waals surface area contributed by atoms with Gasteiger partial charge in [-0.2, -0.15) is 0 Å². The van der Waals surface area contributed by atoms with Gasteiger partial charge in [0.1, 0.15) is 11.5 Å². The fourth-order valence-electron chi connectivity index (χ4n) is 3.24. The Hall–Kier alpha value is -2.05. The topological polar surface area (TPSA) is 76.4 Å². The van der Waals surface area contributed by atoms with Gasteiger partial charge in [-0.05, 0) is 61.9 Å². The molecule has 1 amide bonds. The molecular formula is C21H24ClNO4S. The van der Waals surface area contributed by atoms with Crippen LogP contribution >= 0.6 is 11.6 Å². The summed E-state index contributed by atoms with van der Waals surface area (Å²) in [7, 11) is -3.42. The molecule has 5 nitrogen and oxygen atoms in total. The lowest BCUT2D eigenvalue weighted by molar-refractivity contribution is 0.0925. The number of furan rings is 1. The van der Waals surface area contributed by atoms with Crippen molar-refractivity contribution < 1.29 is 17.6 Å². The molecule has 0 bridgehead atoms. The first-order chi connectivity index (χ1) is 13.4. The van der Waals surface area contributed by atoms with Gasteiger partial charge in [0.05, 0.1) is 5.75 Å². The van der Waals surface area contributed by atoms with Crippen molar-refractivity contribution in [1.82, 2.24) is 5.32 Å². The van der Waals surface area contributed by atoms with Gasteiger partial charge in [-0.1, -0.05) is 35.4 Å². The third kappa shape index (κ3) is 6.24. The second-order valence-corrected chi connectivity index (χ2v) is 9.54. The lowest BCUT2D eigenvalue weighted by Gasteiger charge is -2.12. The summed E-state index contributed by atoms with van der Waals surface area (Å²) in [6.07, 6.45) is 7.78. The Morgan fingerprint density at radius 2 is 1.86 bits per heavy atom. The van der Waals surface area contributed by atoms with E-state index < -0.39 is 9.84 Å². The van der Waals surface area contributed by atoms with Crippen LogP contribution in [0.3, 0.4) is 0 Å². The summed E-state index contributed by atoms with van der Waals surface area (Å²) in [5.41, 5.74) is 2.05. The van der Waals surface area contributed by atoms with E-state index in [4.69, 9.17) is 16.0 Å². The molecule has 0 saturated carbocycles. The summed E-state index contributed by atoms with van der Waals surface area (Å²) in [5, 5.41) is 3.39. The lowest BCUT2D eigenvalue weighted by atomic mass is 9.97. The van der Waals surface area contributed by atoms with E-state index >= 15 is 0 Å². The predicted octanol–water partition coefficient (Wildman–Crippen LogP) is 4.67. The number of carbonyl (C=O) groups is 1. The van der Waals surface area contributed by atoms with Gasteiger partial charge in [0, 0.05) is 11.6 Å². The average molecular weight is 422 g/mol. The minimum absolute atomic E-state index is 0.110. The monoisotopic (exact) mass is 421 g/mol. The van der Waals surface area contributed by atoms with Gasteiger partial charge in [0.2, 0.25) is 0 Å². The zero-order chi connectivity index (χ0) is 20.0. The first-order valence-electron chi connectivity index (χ1n) is 9.41. The van der Waals surface area contributed by atoms with Gasteiger partial charge in [-0.3, -0.25) is 4.79 Å². The molecule has 0 fully saturated rings. The van der Waals surface area contributed by atoms with Gasteiger partial charge in [0.15, 0.2) is 15.6 Å². The highest BCUT2D eigenvalue weighted by Gasteiger charge is 2.18. The van der Waals surface area contributed by atoms with Crippen molar-refractivity contribution in [2.75, 3.05) is 6.54 Å². The average Bonchev–Trinajstić information content (AvgIpc) is 3.12. The Balaban J connectivity index is 1.51. The molecule has 0 spiro atoms. The molecule has 150 valence electrons. The zero-order valence-corrected chi connectivity index (χ0v) is 17.2. The van der Waals surface area contributed by atoms with Crippen LogP contribution in [0.4, 0.5) is 0 Å². The van der Waals surface area contributed by atoms with Crippen LogP contribution in [-0.4, -0.2) is 20.9 Å². The van der Waals surface area contributed by atoms with Gasteiger partial charge < -0.3 is 9.73 Å².